The van der Waals surface area contributed by atoms with E-state index in [1.807, 2.05) is 12.1 Å². The average molecular weight is 289 g/mol. The van der Waals surface area contributed by atoms with Crippen molar-refractivity contribution in [1.82, 2.24) is 0 Å². The van der Waals surface area contributed by atoms with Gasteiger partial charge in [-0.1, -0.05) is 6.07 Å². The lowest BCUT2D eigenvalue weighted by atomic mass is 10.1. The normalized spacial score (nSPS) is 13.0. The molecule has 20 heavy (non-hydrogen) atoms. The molecule has 0 radical (unpaired) electrons. The minimum absolute atomic E-state index is 0.197. The number of anilines is 1. The molecule has 2 N–H and O–H groups in total. The Bertz CT molecular complexity index is 692. The molecule has 6 heteroatoms. The van der Waals surface area contributed by atoms with Crippen LogP contribution in [0.5, 0.6) is 0 Å². The van der Waals surface area contributed by atoms with Crippen LogP contribution < -0.4 is 5.32 Å². The van der Waals surface area contributed by atoms with E-state index in [0.29, 0.717) is 23.8 Å². The molecule has 3 rings (SSSR count). The van der Waals surface area contributed by atoms with E-state index in [1.54, 1.807) is 12.1 Å². The van der Waals surface area contributed by atoms with E-state index in [1.165, 1.54) is 6.07 Å². The average Bonchev–Trinajstić information content (AvgIpc) is 3.05. The van der Waals surface area contributed by atoms with Crippen molar-refractivity contribution in [2.45, 2.75) is 13.2 Å². The number of thiophene rings is 1. The maximum absolute atomic E-state index is 12.1. The zero-order valence-electron chi connectivity index (χ0n) is 10.4. The molecule has 1 aromatic heterocycles. The van der Waals surface area contributed by atoms with Crippen LogP contribution in [0, 0.1) is 0 Å². The number of aromatic carboxylic acids is 1. The smallest absolute Gasteiger partial charge is 0.345 e. The van der Waals surface area contributed by atoms with E-state index >= 15 is 0 Å². The molecule has 2 aromatic rings. The molecule has 1 aliphatic heterocycles. The zero-order chi connectivity index (χ0) is 14.1. The standard InChI is InChI=1S/C14H11NO4S/c16-13(15-12-4-3-11(20-12)14(17)18)8-1-2-9-6-19-7-10(9)5-8/h1-5H,6-7H2,(H,15,16)(H,17,18). The third-order valence-corrected chi connectivity index (χ3v) is 4.03. The third-order valence-electron chi connectivity index (χ3n) is 3.04. The molecule has 0 aliphatic carbocycles. The number of carboxylic acids is 1. The number of hydrogen-bond acceptors (Lipinski definition) is 4. The quantitative estimate of drug-likeness (QED) is 0.911. The van der Waals surface area contributed by atoms with E-state index in [4.69, 9.17) is 9.84 Å². The van der Waals surface area contributed by atoms with Crippen molar-refractivity contribution in [3.63, 3.8) is 0 Å². The lowest BCUT2D eigenvalue weighted by Crippen LogP contribution is -2.11. The van der Waals surface area contributed by atoms with Crippen LogP contribution in [0.3, 0.4) is 0 Å². The molecule has 5 nitrogen and oxygen atoms in total. The van der Waals surface area contributed by atoms with Gasteiger partial charge in [0.1, 0.15) is 4.88 Å². The highest BCUT2D eigenvalue weighted by Gasteiger charge is 2.15. The van der Waals surface area contributed by atoms with Crippen LogP contribution in [0.1, 0.15) is 31.2 Å². The Hall–Kier alpha value is -2.18. The van der Waals surface area contributed by atoms with Crippen LogP contribution in [0.15, 0.2) is 30.3 Å². The van der Waals surface area contributed by atoms with Crippen LogP contribution in [-0.2, 0) is 18.0 Å². The zero-order valence-corrected chi connectivity index (χ0v) is 11.2. The number of carbonyl (C=O) groups excluding carboxylic acids is 1. The first-order chi connectivity index (χ1) is 9.63. The second kappa shape index (κ2) is 5.07. The molecule has 0 atom stereocenters. The summed E-state index contributed by atoms with van der Waals surface area (Å²) in [4.78, 5) is 23.1. The molecule has 0 saturated carbocycles. The van der Waals surface area contributed by atoms with E-state index in [-0.39, 0.29) is 10.8 Å². The highest BCUT2D eigenvalue weighted by molar-refractivity contribution is 7.18. The molecule has 0 bridgehead atoms. The van der Waals surface area contributed by atoms with E-state index in [9.17, 15) is 9.59 Å². The molecule has 0 unspecified atom stereocenters. The predicted octanol–water partition coefficient (Wildman–Crippen LogP) is 2.73. The third kappa shape index (κ3) is 2.43. The fourth-order valence-electron chi connectivity index (χ4n) is 2.02. The fourth-order valence-corrected chi connectivity index (χ4v) is 2.76. The fraction of sp³-hybridized carbons (Fsp3) is 0.143. The van der Waals surface area contributed by atoms with E-state index in [0.717, 1.165) is 22.5 Å². The first kappa shape index (κ1) is 12.8. The second-order valence-electron chi connectivity index (χ2n) is 4.40. The summed E-state index contributed by atoms with van der Waals surface area (Å²) in [6.07, 6.45) is 0. The molecular weight excluding hydrogens is 278 g/mol. The largest absolute Gasteiger partial charge is 0.477 e. The van der Waals surface area contributed by atoms with E-state index < -0.39 is 5.97 Å². The summed E-state index contributed by atoms with van der Waals surface area (Å²) >= 11 is 1.03. The summed E-state index contributed by atoms with van der Waals surface area (Å²) in [6.45, 7) is 1.11. The molecule has 2 heterocycles. The van der Waals surface area contributed by atoms with Crippen LogP contribution in [0.25, 0.3) is 0 Å². The lowest BCUT2D eigenvalue weighted by molar-refractivity contribution is 0.0702. The van der Waals surface area contributed by atoms with Gasteiger partial charge in [0.2, 0.25) is 0 Å². The number of rotatable bonds is 3. The van der Waals surface area contributed by atoms with Crippen molar-refractivity contribution in [3.05, 3.63) is 51.9 Å². The van der Waals surface area contributed by atoms with Crippen LogP contribution >= 0.6 is 11.3 Å². The highest BCUT2D eigenvalue weighted by Crippen LogP contribution is 2.24. The Morgan fingerprint density at radius 2 is 1.95 bits per heavy atom. The molecule has 0 spiro atoms. The summed E-state index contributed by atoms with van der Waals surface area (Å²) in [6, 6.07) is 8.49. The number of amides is 1. The molecule has 1 amide bonds. The predicted molar refractivity (Wildman–Crippen MR) is 74.2 cm³/mol. The van der Waals surface area contributed by atoms with Crippen molar-refractivity contribution < 1.29 is 19.4 Å². The van der Waals surface area contributed by atoms with Gasteiger partial charge in [-0.15, -0.1) is 11.3 Å². The van der Waals surface area contributed by atoms with Crippen molar-refractivity contribution in [2.24, 2.45) is 0 Å². The SMILES string of the molecule is O=C(Nc1ccc(C(=O)O)s1)c1ccc2c(c1)COC2. The number of fused-ring (bicyclic) bond motifs is 1. The highest BCUT2D eigenvalue weighted by atomic mass is 32.1. The lowest BCUT2D eigenvalue weighted by Gasteiger charge is -2.04. The first-order valence-corrected chi connectivity index (χ1v) is 6.79. The summed E-state index contributed by atoms with van der Waals surface area (Å²) in [7, 11) is 0. The summed E-state index contributed by atoms with van der Waals surface area (Å²) in [5.74, 6) is -1.25. The molecule has 0 fully saturated rings. The van der Waals surface area contributed by atoms with Gasteiger partial charge in [-0.2, -0.15) is 0 Å². The van der Waals surface area contributed by atoms with Gasteiger partial charge in [0.05, 0.1) is 18.2 Å². The minimum atomic E-state index is -0.995. The molecular formula is C14H11NO4S. The van der Waals surface area contributed by atoms with Crippen molar-refractivity contribution in [2.75, 3.05) is 5.32 Å². The minimum Gasteiger partial charge on any atom is -0.477 e. The summed E-state index contributed by atoms with van der Waals surface area (Å²) in [5.41, 5.74) is 2.67. The van der Waals surface area contributed by atoms with E-state index in [2.05, 4.69) is 5.32 Å². The number of carbonyl (C=O) groups is 2. The number of ether oxygens (including phenoxy) is 1. The first-order valence-electron chi connectivity index (χ1n) is 5.97. The van der Waals surface area contributed by atoms with Crippen molar-refractivity contribution in [3.8, 4) is 0 Å². The Labute approximate surface area is 118 Å². The van der Waals surface area contributed by atoms with Gasteiger partial charge < -0.3 is 15.2 Å². The number of nitrogens with one attached hydrogen (secondary N) is 1. The summed E-state index contributed by atoms with van der Waals surface area (Å²) < 4.78 is 5.30. The molecule has 1 aromatic carbocycles. The van der Waals surface area contributed by atoms with Crippen molar-refractivity contribution in [1.29, 1.82) is 0 Å². The van der Waals surface area contributed by atoms with Crippen LogP contribution in [0.2, 0.25) is 0 Å². The number of benzene rings is 1. The second-order valence-corrected chi connectivity index (χ2v) is 5.48. The molecule has 0 saturated heterocycles. The monoisotopic (exact) mass is 289 g/mol. The van der Waals surface area contributed by atoms with Gasteiger partial charge in [0.25, 0.3) is 5.91 Å². The van der Waals surface area contributed by atoms with Gasteiger partial charge in [-0.3, -0.25) is 4.79 Å². The van der Waals surface area contributed by atoms with Crippen LogP contribution in [-0.4, -0.2) is 17.0 Å². The molecule has 102 valence electrons. The number of carboxylic acid groups (broad SMARTS) is 1. The van der Waals surface area contributed by atoms with Gasteiger partial charge in [-0.25, -0.2) is 4.79 Å². The van der Waals surface area contributed by atoms with Gasteiger partial charge in [0, 0.05) is 5.56 Å². The Balaban J connectivity index is 1.77. The maximum Gasteiger partial charge on any atom is 0.345 e. The topological polar surface area (TPSA) is 75.6 Å². The Morgan fingerprint density at radius 3 is 2.70 bits per heavy atom. The van der Waals surface area contributed by atoms with Crippen molar-refractivity contribution >= 4 is 28.2 Å². The van der Waals surface area contributed by atoms with Gasteiger partial charge in [-0.05, 0) is 35.4 Å². The Kier molecular flexibility index (Phi) is 3.25. The maximum atomic E-state index is 12.1. The Morgan fingerprint density at radius 1 is 1.15 bits per heavy atom. The van der Waals surface area contributed by atoms with Gasteiger partial charge >= 0.3 is 5.97 Å². The van der Waals surface area contributed by atoms with Gasteiger partial charge in [0.15, 0.2) is 0 Å². The molecule has 1 aliphatic rings. The van der Waals surface area contributed by atoms with Crippen LogP contribution in [0.4, 0.5) is 5.00 Å². The summed E-state index contributed by atoms with van der Waals surface area (Å²) in [5, 5.41) is 12.1. The number of hydrogen-bond donors (Lipinski definition) is 2.